The predicted molar refractivity (Wildman–Crippen MR) is 110 cm³/mol. The first kappa shape index (κ1) is 20.7. The van der Waals surface area contributed by atoms with Crippen LogP contribution in [0.25, 0.3) is 11.0 Å². The Kier molecular flexibility index (Phi) is 6.13. The standard InChI is InChI=1S/C22H21ClO6/c1-12(2)28-18-6-5-14(8-20(18)26-4)22(25)27-11-15-9-21(24)29-19-7-13(3)17(23)10-16(15)19/h5-10,12H,11H2,1-4H3. The van der Waals surface area contributed by atoms with E-state index in [1.165, 1.54) is 13.2 Å². The number of aryl methyl sites for hydroxylation is 1. The third kappa shape index (κ3) is 4.71. The molecule has 152 valence electrons. The molecule has 3 aromatic rings. The van der Waals surface area contributed by atoms with Gasteiger partial charge in [0.2, 0.25) is 0 Å². The average molecular weight is 417 g/mol. The van der Waals surface area contributed by atoms with E-state index in [4.69, 9.17) is 30.2 Å². The van der Waals surface area contributed by atoms with Crippen molar-refractivity contribution in [2.24, 2.45) is 0 Å². The van der Waals surface area contributed by atoms with E-state index < -0.39 is 11.6 Å². The first-order valence-corrected chi connectivity index (χ1v) is 9.41. The van der Waals surface area contributed by atoms with Crippen molar-refractivity contribution in [3.63, 3.8) is 0 Å². The van der Waals surface area contributed by atoms with Crippen LogP contribution in [0.5, 0.6) is 11.5 Å². The zero-order valence-electron chi connectivity index (χ0n) is 16.6. The Morgan fingerprint density at radius 1 is 1.14 bits per heavy atom. The summed E-state index contributed by atoms with van der Waals surface area (Å²) in [6.45, 7) is 5.51. The molecule has 0 aliphatic rings. The number of rotatable bonds is 6. The van der Waals surface area contributed by atoms with Gasteiger partial charge < -0.3 is 18.6 Å². The first-order chi connectivity index (χ1) is 13.8. The number of methoxy groups -OCH3 is 1. The fourth-order valence-corrected chi connectivity index (χ4v) is 3.00. The highest BCUT2D eigenvalue weighted by Gasteiger charge is 2.15. The molecule has 7 heteroatoms. The number of carbonyl (C=O) groups excluding carboxylic acids is 1. The molecule has 3 rings (SSSR count). The van der Waals surface area contributed by atoms with Crippen LogP contribution in [0.4, 0.5) is 0 Å². The largest absolute Gasteiger partial charge is 0.493 e. The zero-order valence-corrected chi connectivity index (χ0v) is 17.3. The zero-order chi connectivity index (χ0) is 21.1. The molecule has 1 aromatic heterocycles. The van der Waals surface area contributed by atoms with E-state index in [1.54, 1.807) is 30.3 Å². The van der Waals surface area contributed by atoms with Crippen molar-refractivity contribution in [1.82, 2.24) is 0 Å². The van der Waals surface area contributed by atoms with E-state index in [0.717, 1.165) is 5.56 Å². The second-order valence-corrected chi connectivity index (χ2v) is 7.20. The van der Waals surface area contributed by atoms with Crippen LogP contribution in [0.3, 0.4) is 0 Å². The van der Waals surface area contributed by atoms with Crippen LogP contribution in [0, 0.1) is 6.92 Å². The summed E-state index contributed by atoms with van der Waals surface area (Å²) in [5, 5.41) is 1.15. The lowest BCUT2D eigenvalue weighted by atomic mass is 10.1. The van der Waals surface area contributed by atoms with Gasteiger partial charge in [0.05, 0.1) is 18.8 Å². The van der Waals surface area contributed by atoms with Gasteiger partial charge in [-0.15, -0.1) is 0 Å². The summed E-state index contributed by atoms with van der Waals surface area (Å²) in [4.78, 5) is 24.4. The fourth-order valence-electron chi connectivity index (χ4n) is 2.84. The quantitative estimate of drug-likeness (QED) is 0.420. The highest BCUT2D eigenvalue weighted by molar-refractivity contribution is 6.32. The number of carbonyl (C=O) groups is 1. The summed E-state index contributed by atoms with van der Waals surface area (Å²) < 4.78 is 21.6. The van der Waals surface area contributed by atoms with Crippen LogP contribution >= 0.6 is 11.6 Å². The van der Waals surface area contributed by atoms with E-state index in [2.05, 4.69) is 0 Å². The first-order valence-electron chi connectivity index (χ1n) is 9.03. The van der Waals surface area contributed by atoms with Gasteiger partial charge in [-0.25, -0.2) is 9.59 Å². The molecule has 2 aromatic carbocycles. The van der Waals surface area contributed by atoms with Gasteiger partial charge in [-0.3, -0.25) is 0 Å². The Morgan fingerprint density at radius 2 is 1.90 bits per heavy atom. The minimum Gasteiger partial charge on any atom is -0.493 e. The molecule has 0 spiro atoms. The van der Waals surface area contributed by atoms with Crippen LogP contribution in [0.1, 0.15) is 35.3 Å². The van der Waals surface area contributed by atoms with Gasteiger partial charge >= 0.3 is 11.6 Å². The molecule has 0 fully saturated rings. The van der Waals surface area contributed by atoms with Crippen molar-refractivity contribution >= 4 is 28.5 Å². The van der Waals surface area contributed by atoms with E-state index >= 15 is 0 Å². The maximum absolute atomic E-state index is 12.5. The highest BCUT2D eigenvalue weighted by atomic mass is 35.5. The molecule has 6 nitrogen and oxygen atoms in total. The number of hydrogen-bond acceptors (Lipinski definition) is 6. The Hall–Kier alpha value is -2.99. The van der Waals surface area contributed by atoms with Crippen molar-refractivity contribution < 1.29 is 23.4 Å². The van der Waals surface area contributed by atoms with Crippen molar-refractivity contribution in [3.8, 4) is 11.5 Å². The molecule has 0 radical (unpaired) electrons. The molecule has 1 heterocycles. The number of ether oxygens (including phenoxy) is 3. The van der Waals surface area contributed by atoms with Gasteiger partial charge in [-0.1, -0.05) is 11.6 Å². The molecule has 0 unspecified atom stereocenters. The van der Waals surface area contributed by atoms with E-state index in [1.807, 2.05) is 20.8 Å². The SMILES string of the molecule is COc1cc(C(=O)OCc2cc(=O)oc3cc(C)c(Cl)cc23)ccc1OC(C)C. The maximum Gasteiger partial charge on any atom is 0.338 e. The summed E-state index contributed by atoms with van der Waals surface area (Å²) in [7, 11) is 1.50. The van der Waals surface area contributed by atoms with E-state index in [0.29, 0.717) is 38.6 Å². The minimum atomic E-state index is -0.556. The van der Waals surface area contributed by atoms with Crippen molar-refractivity contribution in [1.29, 1.82) is 0 Å². The van der Waals surface area contributed by atoms with Crippen LogP contribution in [0.2, 0.25) is 5.02 Å². The third-order valence-corrected chi connectivity index (χ3v) is 4.64. The molecule has 0 aliphatic heterocycles. The molecule has 0 amide bonds. The van der Waals surface area contributed by atoms with Gasteiger partial charge in [0.1, 0.15) is 12.2 Å². The number of hydrogen-bond donors (Lipinski definition) is 0. The summed E-state index contributed by atoms with van der Waals surface area (Å²) in [6, 6.07) is 9.48. The Balaban J connectivity index is 1.84. The van der Waals surface area contributed by atoms with Crippen LogP contribution in [-0.2, 0) is 11.3 Å². The molecule has 0 bridgehead atoms. The highest BCUT2D eigenvalue weighted by Crippen LogP contribution is 2.30. The molecular weight excluding hydrogens is 396 g/mol. The number of esters is 1. The third-order valence-electron chi connectivity index (χ3n) is 4.23. The normalized spacial score (nSPS) is 11.0. The van der Waals surface area contributed by atoms with Gasteiger partial charge in [0.15, 0.2) is 11.5 Å². The van der Waals surface area contributed by atoms with Crippen LogP contribution < -0.4 is 15.1 Å². The average Bonchev–Trinajstić information content (AvgIpc) is 2.67. The fraction of sp³-hybridized carbons (Fsp3) is 0.273. The summed E-state index contributed by atoms with van der Waals surface area (Å²) in [5.41, 5.74) is 1.47. The van der Waals surface area contributed by atoms with Crippen molar-refractivity contribution in [2.75, 3.05) is 7.11 Å². The molecular formula is C22H21ClO6. The number of halogens is 1. The summed E-state index contributed by atoms with van der Waals surface area (Å²) in [6.07, 6.45) is -0.0322. The second-order valence-electron chi connectivity index (χ2n) is 6.80. The van der Waals surface area contributed by atoms with Crippen LogP contribution in [-0.4, -0.2) is 19.2 Å². The van der Waals surface area contributed by atoms with Crippen LogP contribution in [0.15, 0.2) is 45.6 Å². The number of benzene rings is 2. The van der Waals surface area contributed by atoms with Gasteiger partial charge in [-0.2, -0.15) is 0 Å². The smallest absolute Gasteiger partial charge is 0.338 e. The maximum atomic E-state index is 12.5. The lowest BCUT2D eigenvalue weighted by Crippen LogP contribution is -2.10. The lowest BCUT2D eigenvalue weighted by molar-refractivity contribution is 0.0473. The Labute approximate surface area is 172 Å². The van der Waals surface area contributed by atoms with Gasteiger partial charge in [-0.05, 0) is 56.7 Å². The molecule has 0 saturated heterocycles. The second kappa shape index (κ2) is 8.57. The molecule has 0 atom stereocenters. The summed E-state index contributed by atoms with van der Waals surface area (Å²) >= 11 is 6.19. The van der Waals surface area contributed by atoms with Gasteiger partial charge in [0.25, 0.3) is 0 Å². The Bertz CT molecular complexity index is 1120. The topological polar surface area (TPSA) is 75.0 Å². The van der Waals surface area contributed by atoms with Crippen molar-refractivity contribution in [2.45, 2.75) is 33.5 Å². The van der Waals surface area contributed by atoms with Crippen molar-refractivity contribution in [3.05, 3.63) is 68.5 Å². The number of fused-ring (bicyclic) bond motifs is 1. The van der Waals surface area contributed by atoms with E-state index in [9.17, 15) is 9.59 Å². The lowest BCUT2D eigenvalue weighted by Gasteiger charge is -2.14. The molecule has 29 heavy (non-hydrogen) atoms. The summed E-state index contributed by atoms with van der Waals surface area (Å²) in [5.74, 6) is 0.413. The van der Waals surface area contributed by atoms with E-state index in [-0.39, 0.29) is 12.7 Å². The molecule has 0 saturated carbocycles. The van der Waals surface area contributed by atoms with Gasteiger partial charge in [0, 0.05) is 22.0 Å². The molecule has 0 N–H and O–H groups in total. The predicted octanol–water partition coefficient (Wildman–Crippen LogP) is 4.91. The minimum absolute atomic E-state index is 0.0322. The molecule has 0 aliphatic carbocycles. The Morgan fingerprint density at radius 3 is 2.59 bits per heavy atom. The monoisotopic (exact) mass is 416 g/mol.